The molecule has 1 aliphatic rings. The Morgan fingerprint density at radius 2 is 2.08 bits per heavy atom. The van der Waals surface area contributed by atoms with Gasteiger partial charge >= 0.3 is 0 Å². The maximum atomic E-state index is 11.0. The molecule has 0 unspecified atom stereocenters. The number of hydrogen-bond donors (Lipinski definition) is 1. The van der Waals surface area contributed by atoms with E-state index in [9.17, 15) is 4.79 Å². The number of aromatic amines is 1. The Bertz CT molecular complexity index is 326. The minimum Gasteiger partial charge on any atom is -0.325 e. The summed E-state index contributed by atoms with van der Waals surface area (Å²) in [6.45, 7) is 3.21. The van der Waals surface area contributed by atoms with E-state index in [-0.39, 0.29) is 5.56 Å². The van der Waals surface area contributed by atoms with Crippen molar-refractivity contribution in [1.82, 2.24) is 9.88 Å². The number of nitrogens with zero attached hydrogens (tertiary/aromatic N) is 1. The van der Waals surface area contributed by atoms with Gasteiger partial charge in [-0.25, -0.2) is 0 Å². The molecule has 1 aromatic rings. The zero-order valence-corrected chi connectivity index (χ0v) is 7.62. The Kier molecular flexibility index (Phi) is 2.45. The summed E-state index contributed by atoms with van der Waals surface area (Å²) >= 11 is 0. The first-order chi connectivity index (χ1) is 6.34. The fraction of sp³-hybridized carbons (Fsp3) is 0.500. The summed E-state index contributed by atoms with van der Waals surface area (Å²) in [4.78, 5) is 16.2. The van der Waals surface area contributed by atoms with Crippen molar-refractivity contribution in [3.05, 3.63) is 34.2 Å². The number of H-pyrrole nitrogens is 1. The van der Waals surface area contributed by atoms with Crippen LogP contribution in [-0.2, 0) is 6.54 Å². The summed E-state index contributed by atoms with van der Waals surface area (Å²) in [6.07, 6.45) is 2.58. The van der Waals surface area contributed by atoms with Gasteiger partial charge in [0.05, 0.1) is 0 Å². The molecule has 0 saturated carbocycles. The normalized spacial score (nSPS) is 17.8. The van der Waals surface area contributed by atoms with Crippen LogP contribution in [0.25, 0.3) is 0 Å². The second-order valence-electron chi connectivity index (χ2n) is 3.52. The lowest BCUT2D eigenvalue weighted by Gasteiger charge is -2.13. The molecule has 0 aliphatic carbocycles. The Morgan fingerprint density at radius 3 is 2.77 bits per heavy atom. The highest BCUT2D eigenvalue weighted by Gasteiger charge is 2.11. The van der Waals surface area contributed by atoms with Gasteiger partial charge in [0.15, 0.2) is 0 Å². The predicted octanol–water partition coefficient (Wildman–Crippen LogP) is 0.971. The molecule has 2 rings (SSSR count). The molecule has 1 saturated heterocycles. The van der Waals surface area contributed by atoms with Crippen molar-refractivity contribution >= 4 is 0 Å². The number of nitrogens with one attached hydrogen (secondary N) is 1. The lowest BCUT2D eigenvalue weighted by molar-refractivity contribution is 0.327. The van der Waals surface area contributed by atoms with Crippen LogP contribution in [0.2, 0.25) is 0 Å². The first-order valence-corrected chi connectivity index (χ1v) is 4.75. The third-order valence-electron chi connectivity index (χ3n) is 2.42. The van der Waals surface area contributed by atoms with E-state index in [1.807, 2.05) is 12.1 Å². The molecular formula is C10H14N2O. The molecule has 0 bridgehead atoms. The van der Waals surface area contributed by atoms with Crippen LogP contribution < -0.4 is 5.56 Å². The lowest BCUT2D eigenvalue weighted by Crippen LogP contribution is -2.20. The SMILES string of the molecule is O=c1cccc(CN2CCCC2)[nH]1. The van der Waals surface area contributed by atoms with Crippen LogP contribution in [0.3, 0.4) is 0 Å². The van der Waals surface area contributed by atoms with Gasteiger partial charge in [-0.3, -0.25) is 9.69 Å². The van der Waals surface area contributed by atoms with Gasteiger partial charge < -0.3 is 4.98 Å². The van der Waals surface area contributed by atoms with E-state index < -0.39 is 0 Å². The zero-order chi connectivity index (χ0) is 9.10. The van der Waals surface area contributed by atoms with Gasteiger partial charge in [0, 0.05) is 18.3 Å². The molecule has 0 amide bonds. The molecule has 3 heteroatoms. The standard InChI is InChI=1S/C10H14N2O/c13-10-5-3-4-9(11-10)8-12-6-1-2-7-12/h3-5H,1-2,6-8H2,(H,11,13). The summed E-state index contributed by atoms with van der Waals surface area (Å²) in [5, 5.41) is 0. The Hall–Kier alpha value is -1.09. The van der Waals surface area contributed by atoms with Crippen molar-refractivity contribution in [2.24, 2.45) is 0 Å². The first kappa shape index (κ1) is 8.51. The van der Waals surface area contributed by atoms with Gasteiger partial charge in [-0.05, 0) is 32.0 Å². The maximum absolute atomic E-state index is 11.0. The third kappa shape index (κ3) is 2.18. The summed E-state index contributed by atoms with van der Waals surface area (Å²) in [6, 6.07) is 5.33. The zero-order valence-electron chi connectivity index (χ0n) is 7.62. The molecule has 0 atom stereocenters. The van der Waals surface area contributed by atoms with Crippen LogP contribution in [0.1, 0.15) is 18.5 Å². The smallest absolute Gasteiger partial charge is 0.248 e. The Labute approximate surface area is 77.4 Å². The van der Waals surface area contributed by atoms with E-state index in [1.165, 1.54) is 12.8 Å². The fourth-order valence-electron chi connectivity index (χ4n) is 1.77. The molecule has 1 fully saturated rings. The van der Waals surface area contributed by atoms with Crippen LogP contribution in [-0.4, -0.2) is 23.0 Å². The van der Waals surface area contributed by atoms with Gasteiger partial charge in [-0.2, -0.15) is 0 Å². The van der Waals surface area contributed by atoms with Gasteiger partial charge in [-0.15, -0.1) is 0 Å². The third-order valence-corrected chi connectivity index (χ3v) is 2.42. The number of likely N-dealkylation sites (tertiary alicyclic amines) is 1. The maximum Gasteiger partial charge on any atom is 0.248 e. The molecule has 70 valence electrons. The topological polar surface area (TPSA) is 36.1 Å². The van der Waals surface area contributed by atoms with Gasteiger partial charge in [0.1, 0.15) is 0 Å². The average molecular weight is 178 g/mol. The highest BCUT2D eigenvalue weighted by Crippen LogP contribution is 2.09. The van der Waals surface area contributed by atoms with E-state index in [0.29, 0.717) is 0 Å². The molecule has 1 N–H and O–H groups in total. The molecule has 3 nitrogen and oxygen atoms in total. The summed E-state index contributed by atoms with van der Waals surface area (Å²) < 4.78 is 0. The van der Waals surface area contributed by atoms with E-state index in [0.717, 1.165) is 25.3 Å². The number of pyridine rings is 1. The first-order valence-electron chi connectivity index (χ1n) is 4.75. The molecule has 1 aliphatic heterocycles. The highest BCUT2D eigenvalue weighted by atomic mass is 16.1. The summed E-state index contributed by atoms with van der Waals surface area (Å²) in [7, 11) is 0. The van der Waals surface area contributed by atoms with E-state index in [1.54, 1.807) is 6.07 Å². The van der Waals surface area contributed by atoms with Crippen LogP contribution in [0.15, 0.2) is 23.0 Å². The minimum absolute atomic E-state index is 0.00306. The second kappa shape index (κ2) is 3.75. The van der Waals surface area contributed by atoms with Crippen molar-refractivity contribution < 1.29 is 0 Å². The van der Waals surface area contributed by atoms with Crippen LogP contribution in [0.4, 0.5) is 0 Å². The largest absolute Gasteiger partial charge is 0.325 e. The molecule has 1 aromatic heterocycles. The van der Waals surface area contributed by atoms with E-state index >= 15 is 0 Å². The molecule has 0 radical (unpaired) electrons. The van der Waals surface area contributed by atoms with E-state index in [4.69, 9.17) is 0 Å². The molecular weight excluding hydrogens is 164 g/mol. The minimum atomic E-state index is -0.00306. The Morgan fingerprint density at radius 1 is 1.31 bits per heavy atom. The molecule has 0 spiro atoms. The quantitative estimate of drug-likeness (QED) is 0.732. The number of aromatic nitrogens is 1. The van der Waals surface area contributed by atoms with Crippen molar-refractivity contribution in [1.29, 1.82) is 0 Å². The fourth-order valence-corrected chi connectivity index (χ4v) is 1.77. The van der Waals surface area contributed by atoms with Crippen molar-refractivity contribution in [2.75, 3.05) is 13.1 Å². The number of rotatable bonds is 2. The van der Waals surface area contributed by atoms with Crippen LogP contribution >= 0.6 is 0 Å². The molecule has 0 aromatic carbocycles. The summed E-state index contributed by atoms with van der Waals surface area (Å²) in [5.41, 5.74) is 1.02. The van der Waals surface area contributed by atoms with Gasteiger partial charge in [0.2, 0.25) is 5.56 Å². The molecule has 13 heavy (non-hydrogen) atoms. The summed E-state index contributed by atoms with van der Waals surface area (Å²) in [5.74, 6) is 0. The van der Waals surface area contributed by atoms with Crippen molar-refractivity contribution in [3.8, 4) is 0 Å². The van der Waals surface area contributed by atoms with Gasteiger partial charge in [-0.1, -0.05) is 6.07 Å². The monoisotopic (exact) mass is 178 g/mol. The average Bonchev–Trinajstić information content (AvgIpc) is 2.57. The lowest BCUT2D eigenvalue weighted by atomic mass is 10.3. The van der Waals surface area contributed by atoms with Crippen LogP contribution in [0, 0.1) is 0 Å². The molecule has 2 heterocycles. The van der Waals surface area contributed by atoms with Crippen molar-refractivity contribution in [2.45, 2.75) is 19.4 Å². The highest BCUT2D eigenvalue weighted by molar-refractivity contribution is 5.03. The Balaban J connectivity index is 2.04. The second-order valence-corrected chi connectivity index (χ2v) is 3.52. The van der Waals surface area contributed by atoms with E-state index in [2.05, 4.69) is 9.88 Å². The number of hydrogen-bond acceptors (Lipinski definition) is 2. The predicted molar refractivity (Wildman–Crippen MR) is 51.6 cm³/mol. The van der Waals surface area contributed by atoms with Crippen LogP contribution in [0.5, 0.6) is 0 Å². The van der Waals surface area contributed by atoms with Gasteiger partial charge in [0.25, 0.3) is 0 Å². The van der Waals surface area contributed by atoms with Crippen molar-refractivity contribution in [3.63, 3.8) is 0 Å².